The smallest absolute Gasteiger partial charge is 0.281 e. The Bertz CT molecular complexity index is 965. The van der Waals surface area contributed by atoms with Crippen molar-refractivity contribution in [2.75, 3.05) is 6.61 Å². The Morgan fingerprint density at radius 1 is 0.880 bits per heavy atom. The Morgan fingerprint density at radius 3 is 2.08 bits per heavy atom. The summed E-state index contributed by atoms with van der Waals surface area (Å²) in [6, 6.07) is 5.97. The number of aliphatic hydroxyl groups is 1. The van der Waals surface area contributed by atoms with Crippen molar-refractivity contribution in [3.8, 4) is 0 Å². The van der Waals surface area contributed by atoms with Gasteiger partial charge in [-0.3, -0.25) is 29.8 Å². The van der Waals surface area contributed by atoms with Crippen molar-refractivity contribution in [1.82, 2.24) is 0 Å². The molecule has 9 heteroatoms. The topological polar surface area (TPSA) is 141 Å². The van der Waals surface area contributed by atoms with Crippen LogP contribution in [0.1, 0.15) is 37.4 Å². The number of hydrogen-bond acceptors (Lipinski definition) is 7. The van der Waals surface area contributed by atoms with Gasteiger partial charge in [0.05, 0.1) is 9.85 Å². The van der Waals surface area contributed by atoms with Gasteiger partial charge in [0.2, 0.25) is 11.6 Å². The molecular weight excluding hydrogens is 332 g/mol. The van der Waals surface area contributed by atoms with E-state index in [-0.39, 0.29) is 40.8 Å². The number of ketones is 2. The zero-order valence-electron chi connectivity index (χ0n) is 12.6. The highest BCUT2D eigenvalue weighted by molar-refractivity contribution is 6.31. The van der Waals surface area contributed by atoms with Crippen LogP contribution in [0.5, 0.6) is 0 Å². The highest BCUT2D eigenvalue weighted by atomic mass is 16.6. The molecule has 1 N–H and O–H groups in total. The normalized spacial score (nSPS) is 12.5. The first-order chi connectivity index (χ1) is 11.9. The molecule has 0 fully saturated rings. The molecule has 3 rings (SSSR count). The summed E-state index contributed by atoms with van der Waals surface area (Å²) in [7, 11) is 0. The number of hydrogen-bond donors (Lipinski definition) is 1. The third-order valence-electron chi connectivity index (χ3n) is 3.96. The summed E-state index contributed by atoms with van der Waals surface area (Å²) in [5, 5.41) is 31.6. The lowest BCUT2D eigenvalue weighted by Crippen LogP contribution is -2.24. The van der Waals surface area contributed by atoms with Crippen LogP contribution in [0.2, 0.25) is 0 Å². The first kappa shape index (κ1) is 16.4. The Kier molecular flexibility index (Phi) is 3.85. The highest BCUT2D eigenvalue weighted by Crippen LogP contribution is 2.37. The predicted octanol–water partition coefficient (Wildman–Crippen LogP) is 1.81. The van der Waals surface area contributed by atoms with E-state index in [1.54, 1.807) is 0 Å². The molecule has 0 aromatic heterocycles. The molecular formula is C16H10N2O7. The molecule has 0 aliphatic heterocycles. The lowest BCUT2D eigenvalue weighted by molar-refractivity contribution is -0.385. The zero-order chi connectivity index (χ0) is 18.3. The average Bonchev–Trinajstić information content (AvgIpc) is 2.58. The lowest BCUT2D eigenvalue weighted by Gasteiger charge is -2.18. The molecule has 0 radical (unpaired) electrons. The van der Waals surface area contributed by atoms with Gasteiger partial charge in [-0.05, 0) is 24.1 Å². The Balaban J connectivity index is 2.35. The summed E-state index contributed by atoms with van der Waals surface area (Å²) in [4.78, 5) is 46.4. The molecule has 1 aliphatic carbocycles. The van der Waals surface area contributed by atoms with Gasteiger partial charge in [-0.1, -0.05) is 6.07 Å². The van der Waals surface area contributed by atoms with Gasteiger partial charge in [0.25, 0.3) is 11.4 Å². The second kappa shape index (κ2) is 5.87. The van der Waals surface area contributed by atoms with Crippen LogP contribution < -0.4 is 0 Å². The fraction of sp³-hybridized carbons (Fsp3) is 0.125. The molecule has 0 spiro atoms. The van der Waals surface area contributed by atoms with Crippen molar-refractivity contribution >= 4 is 22.9 Å². The molecule has 0 bridgehead atoms. The number of carbonyl (C=O) groups excluding carboxylic acids is 2. The Hall–Kier alpha value is -3.46. The molecule has 0 heterocycles. The number of carbonyl (C=O) groups is 2. The Morgan fingerprint density at radius 2 is 1.48 bits per heavy atom. The van der Waals surface area contributed by atoms with Gasteiger partial charge in [0.15, 0.2) is 0 Å². The van der Waals surface area contributed by atoms with Gasteiger partial charge in [-0.25, -0.2) is 0 Å². The van der Waals surface area contributed by atoms with Crippen LogP contribution in [-0.2, 0) is 6.42 Å². The van der Waals surface area contributed by atoms with Crippen molar-refractivity contribution < 1.29 is 24.5 Å². The minimum atomic E-state index is -0.820. The molecule has 0 amide bonds. The second-order valence-corrected chi connectivity index (χ2v) is 5.38. The van der Waals surface area contributed by atoms with Crippen molar-refractivity contribution in [2.45, 2.75) is 6.42 Å². The van der Waals surface area contributed by atoms with Gasteiger partial charge < -0.3 is 5.11 Å². The monoisotopic (exact) mass is 342 g/mol. The SMILES string of the molecule is O=C1c2cc(CCO)cc([N+](=O)[O-])c2C(=O)c2cccc([N+](=O)[O-])c21. The summed E-state index contributed by atoms with van der Waals surface area (Å²) in [6.45, 7) is -0.311. The maximum Gasteiger partial charge on any atom is 0.281 e. The predicted molar refractivity (Wildman–Crippen MR) is 83.8 cm³/mol. The molecule has 0 saturated carbocycles. The maximum atomic E-state index is 12.8. The largest absolute Gasteiger partial charge is 0.396 e. The molecule has 0 atom stereocenters. The quantitative estimate of drug-likeness (QED) is 0.563. The van der Waals surface area contributed by atoms with Gasteiger partial charge in [0.1, 0.15) is 11.1 Å². The first-order valence-electron chi connectivity index (χ1n) is 7.15. The lowest BCUT2D eigenvalue weighted by atomic mass is 9.81. The molecule has 0 unspecified atom stereocenters. The summed E-state index contributed by atoms with van der Waals surface area (Å²) in [5.41, 5.74) is -2.05. The van der Waals surface area contributed by atoms with E-state index in [9.17, 15) is 29.8 Å². The third-order valence-corrected chi connectivity index (χ3v) is 3.96. The molecule has 0 saturated heterocycles. The first-order valence-corrected chi connectivity index (χ1v) is 7.15. The number of nitrogens with zero attached hydrogens (tertiary/aromatic N) is 2. The van der Waals surface area contributed by atoms with Gasteiger partial charge >= 0.3 is 0 Å². The number of nitro benzene ring substituents is 2. The van der Waals surface area contributed by atoms with E-state index in [1.165, 1.54) is 18.2 Å². The highest BCUT2D eigenvalue weighted by Gasteiger charge is 2.39. The Labute approximate surface area is 139 Å². The summed E-state index contributed by atoms with van der Waals surface area (Å²) in [5.74, 6) is -1.63. The zero-order valence-corrected chi connectivity index (χ0v) is 12.6. The molecule has 25 heavy (non-hydrogen) atoms. The van der Waals surface area contributed by atoms with Crippen LogP contribution in [-0.4, -0.2) is 33.1 Å². The van der Waals surface area contributed by atoms with Gasteiger partial charge in [-0.15, -0.1) is 0 Å². The summed E-state index contributed by atoms with van der Waals surface area (Å²) in [6.07, 6.45) is 0.0410. The van der Waals surface area contributed by atoms with E-state index in [0.29, 0.717) is 0 Å². The standard InChI is InChI=1S/C16H10N2O7/c19-5-4-8-6-10-14(12(7-8)18(24)25)15(20)9-2-1-3-11(17(22)23)13(9)16(10)21/h1-3,6-7,19H,4-5H2. The van der Waals surface area contributed by atoms with E-state index in [4.69, 9.17) is 5.11 Å². The minimum absolute atomic E-state index is 0.0410. The fourth-order valence-electron chi connectivity index (χ4n) is 2.91. The van der Waals surface area contributed by atoms with Crippen LogP contribution in [0.3, 0.4) is 0 Å². The van der Waals surface area contributed by atoms with Crippen molar-refractivity contribution in [2.24, 2.45) is 0 Å². The molecule has 2 aromatic carbocycles. The van der Waals surface area contributed by atoms with Crippen LogP contribution in [0.15, 0.2) is 30.3 Å². The van der Waals surface area contributed by atoms with Crippen LogP contribution in [0, 0.1) is 20.2 Å². The number of aliphatic hydroxyl groups excluding tert-OH is 1. The molecule has 9 nitrogen and oxygen atoms in total. The van der Waals surface area contributed by atoms with Gasteiger partial charge in [0, 0.05) is 29.9 Å². The van der Waals surface area contributed by atoms with E-state index < -0.39 is 32.8 Å². The minimum Gasteiger partial charge on any atom is -0.396 e. The molecule has 1 aliphatic rings. The van der Waals surface area contributed by atoms with Crippen molar-refractivity contribution in [3.63, 3.8) is 0 Å². The summed E-state index contributed by atoms with van der Waals surface area (Å²) < 4.78 is 0. The second-order valence-electron chi connectivity index (χ2n) is 5.38. The fourth-order valence-corrected chi connectivity index (χ4v) is 2.91. The average molecular weight is 342 g/mol. The maximum absolute atomic E-state index is 12.8. The van der Waals surface area contributed by atoms with Crippen LogP contribution in [0.4, 0.5) is 11.4 Å². The van der Waals surface area contributed by atoms with Crippen LogP contribution in [0.25, 0.3) is 0 Å². The number of nitro groups is 2. The van der Waals surface area contributed by atoms with E-state index >= 15 is 0 Å². The van der Waals surface area contributed by atoms with Crippen LogP contribution >= 0.6 is 0 Å². The van der Waals surface area contributed by atoms with E-state index in [2.05, 4.69) is 0 Å². The van der Waals surface area contributed by atoms with Gasteiger partial charge in [-0.2, -0.15) is 0 Å². The third kappa shape index (κ3) is 2.46. The van der Waals surface area contributed by atoms with E-state index in [1.807, 2.05) is 0 Å². The van der Waals surface area contributed by atoms with Crippen molar-refractivity contribution in [3.05, 3.63) is 78.4 Å². The summed E-state index contributed by atoms with van der Waals surface area (Å²) >= 11 is 0. The van der Waals surface area contributed by atoms with E-state index in [0.717, 1.165) is 12.1 Å². The number of benzene rings is 2. The van der Waals surface area contributed by atoms with Crippen molar-refractivity contribution in [1.29, 1.82) is 0 Å². The molecule has 126 valence electrons. The number of rotatable bonds is 4. The number of fused-ring (bicyclic) bond motifs is 2. The molecule has 2 aromatic rings.